The number of ether oxygens (including phenoxy) is 1. The number of benzene rings is 2. The molecule has 3 aromatic rings. The molecule has 1 heterocycles. The topological polar surface area (TPSA) is 51.5 Å². The van der Waals surface area contributed by atoms with E-state index in [1.165, 1.54) is 0 Å². The molecule has 1 N–H and O–H groups in total. The van der Waals surface area contributed by atoms with E-state index in [1.807, 2.05) is 36.0 Å². The molecule has 2 aromatic carbocycles. The van der Waals surface area contributed by atoms with Gasteiger partial charge >= 0.3 is 5.97 Å². The third-order valence-corrected chi connectivity index (χ3v) is 3.75. The van der Waals surface area contributed by atoms with E-state index in [4.69, 9.17) is 16.3 Å². The molecule has 22 heavy (non-hydrogen) atoms. The fourth-order valence-electron chi connectivity index (χ4n) is 2.54. The minimum Gasteiger partial charge on any atom is -0.489 e. The molecule has 0 bridgehead atoms. The Kier molecular flexibility index (Phi) is 3.77. The molecule has 0 unspecified atom stereocenters. The second kappa shape index (κ2) is 5.73. The van der Waals surface area contributed by atoms with Gasteiger partial charge in [-0.3, -0.25) is 0 Å². The van der Waals surface area contributed by atoms with Crippen LogP contribution in [0.5, 0.6) is 5.75 Å². The number of carbonyl (C=O) groups is 1. The molecule has 0 aliphatic heterocycles. The molecule has 0 saturated carbocycles. The van der Waals surface area contributed by atoms with Crippen molar-refractivity contribution in [2.24, 2.45) is 7.05 Å². The highest BCUT2D eigenvalue weighted by Crippen LogP contribution is 2.26. The molecule has 5 heteroatoms. The molecule has 0 spiro atoms. The number of carboxylic acid groups (broad SMARTS) is 1. The van der Waals surface area contributed by atoms with Crippen LogP contribution in [0.2, 0.25) is 5.02 Å². The van der Waals surface area contributed by atoms with Crippen molar-refractivity contribution in [3.8, 4) is 5.75 Å². The normalized spacial score (nSPS) is 10.8. The van der Waals surface area contributed by atoms with Gasteiger partial charge in [0.05, 0.1) is 5.56 Å². The van der Waals surface area contributed by atoms with Gasteiger partial charge in [0.1, 0.15) is 12.4 Å². The van der Waals surface area contributed by atoms with Crippen molar-refractivity contribution in [1.82, 2.24) is 4.57 Å². The third kappa shape index (κ3) is 2.65. The van der Waals surface area contributed by atoms with Crippen LogP contribution in [-0.2, 0) is 13.7 Å². The minimum absolute atomic E-state index is 0.280. The third-order valence-electron chi connectivity index (χ3n) is 3.51. The average Bonchev–Trinajstić information content (AvgIpc) is 2.82. The zero-order valence-electron chi connectivity index (χ0n) is 11.9. The van der Waals surface area contributed by atoms with Crippen LogP contribution >= 0.6 is 11.6 Å². The summed E-state index contributed by atoms with van der Waals surface area (Å²) in [6, 6.07) is 12.4. The van der Waals surface area contributed by atoms with Gasteiger partial charge in [0.2, 0.25) is 0 Å². The molecular formula is C17H14ClNO3. The minimum atomic E-state index is -0.944. The van der Waals surface area contributed by atoms with Crippen LogP contribution in [0.4, 0.5) is 0 Å². The van der Waals surface area contributed by atoms with Crippen LogP contribution in [0.15, 0.2) is 48.7 Å². The van der Waals surface area contributed by atoms with Crippen LogP contribution in [0.1, 0.15) is 15.9 Å². The Hall–Kier alpha value is -2.46. The summed E-state index contributed by atoms with van der Waals surface area (Å²) in [6.45, 7) is 0.280. The standard InChI is InChI=1S/C17H14ClNO3/c1-19-9-11(10-22-13-5-2-4-12(18)8-13)16-14(17(20)21)6-3-7-15(16)19/h2-9H,10H2,1H3,(H,20,21). The zero-order chi connectivity index (χ0) is 15.7. The summed E-state index contributed by atoms with van der Waals surface area (Å²) >= 11 is 5.93. The number of rotatable bonds is 4. The van der Waals surface area contributed by atoms with Crippen LogP contribution < -0.4 is 4.74 Å². The Morgan fingerprint density at radius 3 is 2.77 bits per heavy atom. The molecule has 4 nitrogen and oxygen atoms in total. The first kappa shape index (κ1) is 14.5. The maximum absolute atomic E-state index is 11.4. The van der Waals surface area contributed by atoms with E-state index in [-0.39, 0.29) is 12.2 Å². The molecule has 0 aliphatic carbocycles. The number of aryl methyl sites for hydroxylation is 1. The molecule has 0 amide bonds. The molecule has 0 fully saturated rings. The maximum atomic E-state index is 11.4. The summed E-state index contributed by atoms with van der Waals surface area (Å²) in [5, 5.41) is 10.7. The number of hydrogen-bond acceptors (Lipinski definition) is 2. The van der Waals surface area contributed by atoms with E-state index in [9.17, 15) is 9.90 Å². The maximum Gasteiger partial charge on any atom is 0.336 e. The predicted octanol–water partition coefficient (Wildman–Crippen LogP) is 4.11. The van der Waals surface area contributed by atoms with Gasteiger partial charge in [0, 0.05) is 34.7 Å². The molecule has 112 valence electrons. The lowest BCUT2D eigenvalue weighted by Gasteiger charge is -2.06. The lowest BCUT2D eigenvalue weighted by molar-refractivity contribution is 0.0699. The predicted molar refractivity (Wildman–Crippen MR) is 85.7 cm³/mol. The van der Waals surface area contributed by atoms with E-state index < -0.39 is 5.97 Å². The Morgan fingerprint density at radius 2 is 2.05 bits per heavy atom. The highest BCUT2D eigenvalue weighted by Gasteiger charge is 2.15. The van der Waals surface area contributed by atoms with E-state index in [2.05, 4.69) is 0 Å². The van der Waals surface area contributed by atoms with Crippen LogP contribution in [0.25, 0.3) is 10.9 Å². The smallest absolute Gasteiger partial charge is 0.336 e. The fourth-order valence-corrected chi connectivity index (χ4v) is 2.73. The fraction of sp³-hybridized carbons (Fsp3) is 0.118. The van der Waals surface area contributed by atoms with Gasteiger partial charge in [0.25, 0.3) is 0 Å². The van der Waals surface area contributed by atoms with Gasteiger partial charge in [0.15, 0.2) is 0 Å². The van der Waals surface area contributed by atoms with Gasteiger partial charge in [-0.1, -0.05) is 23.7 Å². The molecule has 3 rings (SSSR count). The summed E-state index contributed by atoms with van der Waals surface area (Å²) in [6.07, 6.45) is 1.89. The quantitative estimate of drug-likeness (QED) is 0.788. The van der Waals surface area contributed by atoms with Crippen molar-refractivity contribution in [2.75, 3.05) is 0 Å². The number of aromatic carboxylic acids is 1. The Morgan fingerprint density at radius 1 is 1.27 bits per heavy atom. The lowest BCUT2D eigenvalue weighted by Crippen LogP contribution is -2.00. The van der Waals surface area contributed by atoms with Gasteiger partial charge < -0.3 is 14.4 Å². The first-order valence-corrected chi connectivity index (χ1v) is 7.12. The second-order valence-electron chi connectivity index (χ2n) is 5.02. The summed E-state index contributed by atoms with van der Waals surface area (Å²) in [4.78, 5) is 11.4. The Labute approximate surface area is 132 Å². The van der Waals surface area contributed by atoms with Gasteiger partial charge in [-0.05, 0) is 30.3 Å². The van der Waals surface area contributed by atoms with Gasteiger partial charge in [-0.15, -0.1) is 0 Å². The van der Waals surface area contributed by atoms with Crippen LogP contribution in [0.3, 0.4) is 0 Å². The Bertz CT molecular complexity index is 854. The highest BCUT2D eigenvalue weighted by atomic mass is 35.5. The number of halogens is 1. The van der Waals surface area contributed by atoms with E-state index in [0.717, 1.165) is 11.1 Å². The summed E-state index contributed by atoms with van der Waals surface area (Å²) in [5.74, 6) is -0.293. The summed E-state index contributed by atoms with van der Waals surface area (Å²) in [5.41, 5.74) is 1.97. The van der Waals surface area contributed by atoms with Crippen molar-refractivity contribution in [3.05, 3.63) is 64.8 Å². The Balaban J connectivity index is 1.98. The first-order valence-electron chi connectivity index (χ1n) is 6.75. The highest BCUT2D eigenvalue weighted by molar-refractivity contribution is 6.30. The molecule has 0 atom stereocenters. The number of nitrogens with zero attached hydrogens (tertiary/aromatic N) is 1. The zero-order valence-corrected chi connectivity index (χ0v) is 12.7. The molecular weight excluding hydrogens is 302 g/mol. The first-order chi connectivity index (χ1) is 10.6. The number of carboxylic acids is 1. The van der Waals surface area contributed by atoms with Crippen molar-refractivity contribution in [1.29, 1.82) is 0 Å². The number of aromatic nitrogens is 1. The number of hydrogen-bond donors (Lipinski definition) is 1. The molecule has 0 aliphatic rings. The van der Waals surface area contributed by atoms with E-state index in [0.29, 0.717) is 16.2 Å². The largest absolute Gasteiger partial charge is 0.489 e. The molecule has 0 radical (unpaired) electrons. The summed E-state index contributed by atoms with van der Waals surface area (Å²) in [7, 11) is 1.89. The van der Waals surface area contributed by atoms with E-state index in [1.54, 1.807) is 24.3 Å². The molecule has 0 saturated heterocycles. The van der Waals surface area contributed by atoms with E-state index >= 15 is 0 Å². The van der Waals surface area contributed by atoms with Crippen molar-refractivity contribution in [3.63, 3.8) is 0 Å². The van der Waals surface area contributed by atoms with Crippen molar-refractivity contribution < 1.29 is 14.6 Å². The monoisotopic (exact) mass is 315 g/mol. The second-order valence-corrected chi connectivity index (χ2v) is 5.45. The van der Waals surface area contributed by atoms with Crippen molar-refractivity contribution in [2.45, 2.75) is 6.61 Å². The van der Waals surface area contributed by atoms with Gasteiger partial charge in [-0.2, -0.15) is 0 Å². The summed E-state index contributed by atoms with van der Waals surface area (Å²) < 4.78 is 7.64. The lowest BCUT2D eigenvalue weighted by atomic mass is 10.1. The van der Waals surface area contributed by atoms with Crippen molar-refractivity contribution >= 4 is 28.5 Å². The SMILES string of the molecule is Cn1cc(COc2cccc(Cl)c2)c2c(C(=O)O)cccc21. The van der Waals surface area contributed by atoms with Gasteiger partial charge in [-0.25, -0.2) is 4.79 Å². The average molecular weight is 316 g/mol. The van der Waals surface area contributed by atoms with Crippen LogP contribution in [0, 0.1) is 0 Å². The number of fused-ring (bicyclic) bond motifs is 1. The molecule has 1 aromatic heterocycles. The van der Waals surface area contributed by atoms with Crippen LogP contribution in [-0.4, -0.2) is 15.6 Å².